The number of halogens is 3. The summed E-state index contributed by atoms with van der Waals surface area (Å²) in [5, 5.41) is 6.77. The molecule has 0 atom stereocenters. The van der Waals surface area contributed by atoms with Crippen LogP contribution in [0.25, 0.3) is 5.57 Å². The van der Waals surface area contributed by atoms with Crippen molar-refractivity contribution in [2.75, 3.05) is 13.7 Å². The van der Waals surface area contributed by atoms with E-state index in [1.165, 1.54) is 0 Å². The molecule has 0 spiro atoms. The summed E-state index contributed by atoms with van der Waals surface area (Å²) in [5.74, 6) is 0.178. The number of nitrogens with zero attached hydrogens (tertiary/aromatic N) is 2. The van der Waals surface area contributed by atoms with Gasteiger partial charge in [0.25, 0.3) is 10.0 Å². The van der Waals surface area contributed by atoms with E-state index >= 15 is 4.39 Å². The van der Waals surface area contributed by atoms with E-state index in [4.69, 9.17) is 27.9 Å². The highest BCUT2D eigenvalue weighted by Gasteiger charge is 2.25. The Morgan fingerprint density at radius 3 is 2.66 bits per heavy atom. The Bertz CT molecular complexity index is 1370. The van der Waals surface area contributed by atoms with Crippen molar-refractivity contribution in [3.63, 3.8) is 0 Å². The molecule has 0 saturated heterocycles. The number of carbonyl (C=O) groups is 1. The minimum Gasteiger partial charge on any atom is -0.497 e. The molecule has 2 amide bonds. The summed E-state index contributed by atoms with van der Waals surface area (Å²) < 4.78 is 48.5. The van der Waals surface area contributed by atoms with E-state index in [1.807, 2.05) is 29.0 Å². The highest BCUT2D eigenvalue weighted by molar-refractivity contribution is 7.92. The number of hydrogen-bond donors (Lipinski definition) is 2. The van der Waals surface area contributed by atoms with Crippen LogP contribution in [0.15, 0.2) is 46.6 Å². The quantitative estimate of drug-likeness (QED) is 0.424. The molecule has 0 fully saturated rings. The number of thiophene rings is 1. The zero-order valence-electron chi connectivity index (χ0n) is 18.5. The molecule has 0 saturated carbocycles. The van der Waals surface area contributed by atoms with Crippen LogP contribution in [0.5, 0.6) is 5.75 Å². The van der Waals surface area contributed by atoms with Gasteiger partial charge in [0.2, 0.25) is 0 Å². The van der Waals surface area contributed by atoms with Crippen molar-refractivity contribution in [3.8, 4) is 5.75 Å². The van der Waals surface area contributed by atoms with Gasteiger partial charge in [-0.1, -0.05) is 35.3 Å². The topological polar surface area (TPSA) is 102 Å². The Morgan fingerprint density at radius 1 is 1.26 bits per heavy atom. The van der Waals surface area contributed by atoms with Crippen LogP contribution >= 0.6 is 34.5 Å². The molecule has 186 valence electrons. The van der Waals surface area contributed by atoms with Crippen LogP contribution in [0.3, 0.4) is 0 Å². The molecule has 13 heteroatoms. The Morgan fingerprint density at radius 2 is 2.00 bits per heavy atom. The number of ether oxygens (including phenoxy) is 1. The standard InChI is InChI=1S/C22H21Cl2FN4O4S2/c1-33-15-7-5-13(6-8-15)12-29-20-14(10-27-29)3-2-4-16(20)18(25)11-26-22(30)28-35(31,32)19-9-17(23)21(24)34-19/h5-10H,2-4,11-12H2,1H3,(H2,26,28,30)/b18-16-. The number of allylic oxidation sites excluding steroid dienone is 1. The fourth-order valence-corrected chi connectivity index (χ4v) is 6.56. The Labute approximate surface area is 215 Å². The molecule has 1 aromatic carbocycles. The van der Waals surface area contributed by atoms with E-state index in [0.29, 0.717) is 35.6 Å². The number of nitrogens with one attached hydrogen (secondary N) is 2. The van der Waals surface area contributed by atoms with E-state index in [1.54, 1.807) is 18.0 Å². The van der Waals surface area contributed by atoms with Crippen molar-refractivity contribution in [1.29, 1.82) is 0 Å². The van der Waals surface area contributed by atoms with Crippen LogP contribution in [-0.2, 0) is 23.0 Å². The second-order valence-electron chi connectivity index (χ2n) is 7.74. The second kappa shape index (κ2) is 10.6. The zero-order valence-corrected chi connectivity index (χ0v) is 21.6. The number of urea groups is 1. The van der Waals surface area contributed by atoms with Gasteiger partial charge in [-0.3, -0.25) is 4.68 Å². The van der Waals surface area contributed by atoms with Gasteiger partial charge in [-0.25, -0.2) is 22.3 Å². The van der Waals surface area contributed by atoms with Crippen molar-refractivity contribution >= 4 is 56.2 Å². The molecule has 4 rings (SSSR count). The predicted octanol–water partition coefficient (Wildman–Crippen LogP) is 5.01. The lowest BCUT2D eigenvalue weighted by Gasteiger charge is -2.19. The Balaban J connectivity index is 1.47. The SMILES string of the molecule is COc1ccc(Cn2ncc3c2/C(=C(\F)CNC(=O)NS(=O)(=O)c2cc(Cl)c(Cl)s2)CCC3)cc1. The van der Waals surface area contributed by atoms with Crippen molar-refractivity contribution in [1.82, 2.24) is 19.8 Å². The zero-order chi connectivity index (χ0) is 25.2. The van der Waals surface area contributed by atoms with Crippen molar-refractivity contribution in [2.45, 2.75) is 30.0 Å². The van der Waals surface area contributed by atoms with E-state index < -0.39 is 28.4 Å². The first-order valence-electron chi connectivity index (χ1n) is 10.5. The fourth-order valence-electron chi connectivity index (χ4n) is 3.75. The van der Waals surface area contributed by atoms with Crippen LogP contribution in [0.1, 0.15) is 29.7 Å². The van der Waals surface area contributed by atoms with Gasteiger partial charge in [-0.2, -0.15) is 5.10 Å². The molecule has 0 radical (unpaired) electrons. The largest absolute Gasteiger partial charge is 0.497 e. The molecule has 0 bridgehead atoms. The van der Waals surface area contributed by atoms with Crippen molar-refractivity contribution < 1.29 is 22.3 Å². The highest BCUT2D eigenvalue weighted by Crippen LogP contribution is 2.35. The molecule has 0 aliphatic heterocycles. The average Bonchev–Trinajstić information content (AvgIpc) is 3.41. The molecular weight excluding hydrogens is 538 g/mol. The van der Waals surface area contributed by atoms with E-state index in [-0.39, 0.29) is 13.6 Å². The monoisotopic (exact) mass is 558 g/mol. The summed E-state index contributed by atoms with van der Waals surface area (Å²) in [6.07, 6.45) is 3.72. The minimum absolute atomic E-state index is 0.0626. The molecule has 1 aliphatic rings. The van der Waals surface area contributed by atoms with Gasteiger partial charge >= 0.3 is 6.03 Å². The number of rotatable bonds is 7. The van der Waals surface area contributed by atoms with E-state index in [9.17, 15) is 13.2 Å². The third kappa shape index (κ3) is 5.80. The first-order chi connectivity index (χ1) is 16.7. The van der Waals surface area contributed by atoms with Crippen molar-refractivity contribution in [3.05, 3.63) is 68.5 Å². The summed E-state index contributed by atoms with van der Waals surface area (Å²) in [7, 11) is -2.60. The second-order valence-corrected chi connectivity index (χ2v) is 11.7. The number of hydrogen-bond acceptors (Lipinski definition) is 6. The molecule has 35 heavy (non-hydrogen) atoms. The van der Waals surface area contributed by atoms with Gasteiger partial charge in [-0.05, 0) is 48.6 Å². The molecule has 1 aliphatic carbocycles. The maximum atomic E-state index is 15.2. The minimum atomic E-state index is -4.19. The highest BCUT2D eigenvalue weighted by atomic mass is 35.5. The Kier molecular flexibility index (Phi) is 7.70. The summed E-state index contributed by atoms with van der Waals surface area (Å²) >= 11 is 12.3. The number of amides is 2. The number of aryl methyl sites for hydroxylation is 1. The van der Waals surface area contributed by atoms with Crippen molar-refractivity contribution in [2.24, 2.45) is 0 Å². The molecule has 3 aromatic rings. The summed E-state index contributed by atoms with van der Waals surface area (Å²) in [5.41, 5.74) is 3.02. The van der Waals surface area contributed by atoms with Crippen LogP contribution in [0.4, 0.5) is 9.18 Å². The van der Waals surface area contributed by atoms with Gasteiger partial charge < -0.3 is 10.1 Å². The lowest BCUT2D eigenvalue weighted by atomic mass is 9.92. The normalized spacial score (nSPS) is 14.9. The molecule has 2 aromatic heterocycles. The first-order valence-corrected chi connectivity index (χ1v) is 13.5. The van der Waals surface area contributed by atoms with Gasteiger partial charge in [-0.15, -0.1) is 11.3 Å². The lowest BCUT2D eigenvalue weighted by molar-refractivity contribution is 0.246. The Hall–Kier alpha value is -2.60. The number of benzene rings is 1. The molecule has 0 unspecified atom stereocenters. The third-order valence-corrected chi connectivity index (χ3v) is 9.08. The number of aromatic nitrogens is 2. The maximum absolute atomic E-state index is 15.2. The number of methoxy groups -OCH3 is 1. The predicted molar refractivity (Wildman–Crippen MR) is 133 cm³/mol. The number of sulfonamides is 1. The first kappa shape index (κ1) is 25.5. The number of carbonyl (C=O) groups excluding carboxylic acids is 1. The van der Waals surface area contributed by atoms with Crippen LogP contribution < -0.4 is 14.8 Å². The van der Waals surface area contributed by atoms with Gasteiger partial charge in [0.15, 0.2) is 0 Å². The fraction of sp³-hybridized carbons (Fsp3) is 0.273. The summed E-state index contributed by atoms with van der Waals surface area (Å²) in [6, 6.07) is 7.59. The maximum Gasteiger partial charge on any atom is 0.329 e. The average molecular weight is 559 g/mol. The summed E-state index contributed by atoms with van der Waals surface area (Å²) in [4.78, 5) is 12.2. The lowest BCUT2D eigenvalue weighted by Crippen LogP contribution is -2.39. The number of fused-ring (bicyclic) bond motifs is 1. The van der Waals surface area contributed by atoms with Gasteiger partial charge in [0, 0.05) is 5.57 Å². The van der Waals surface area contributed by atoms with Crippen LogP contribution in [0.2, 0.25) is 9.36 Å². The smallest absolute Gasteiger partial charge is 0.329 e. The van der Waals surface area contributed by atoms with Gasteiger partial charge in [0.1, 0.15) is 20.1 Å². The summed E-state index contributed by atoms with van der Waals surface area (Å²) in [6.45, 7) is -0.0377. The van der Waals surface area contributed by atoms with Crippen LogP contribution in [-0.4, -0.2) is 37.9 Å². The van der Waals surface area contributed by atoms with Crippen LogP contribution in [0, 0.1) is 0 Å². The third-order valence-electron chi connectivity index (χ3n) is 5.41. The van der Waals surface area contributed by atoms with Gasteiger partial charge in [0.05, 0.1) is 37.1 Å². The molecule has 2 N–H and O–H groups in total. The van der Waals surface area contributed by atoms with E-state index in [0.717, 1.165) is 35.8 Å². The molecule has 2 heterocycles. The molecular formula is C22H21Cl2FN4O4S2. The van der Waals surface area contributed by atoms with E-state index in [2.05, 4.69) is 10.4 Å². The molecule has 8 nitrogen and oxygen atoms in total.